The monoisotopic (exact) mass is 310 g/mol. The fourth-order valence-corrected chi connectivity index (χ4v) is 2.50. The molecule has 2 heterocycles. The Morgan fingerprint density at radius 2 is 2.36 bits per heavy atom. The summed E-state index contributed by atoms with van der Waals surface area (Å²) in [6.45, 7) is 5.81. The van der Waals surface area contributed by atoms with Gasteiger partial charge in [-0.2, -0.15) is 0 Å². The van der Waals surface area contributed by atoms with Crippen LogP contribution in [0.1, 0.15) is 33.1 Å². The van der Waals surface area contributed by atoms with E-state index in [4.69, 9.17) is 9.47 Å². The molecule has 1 saturated heterocycles. The van der Waals surface area contributed by atoms with Crippen LogP contribution in [0, 0.1) is 5.41 Å². The van der Waals surface area contributed by atoms with Gasteiger partial charge in [-0.25, -0.2) is 4.79 Å². The Hall–Kier alpha value is -1.76. The molecule has 0 saturated carbocycles. The second kappa shape index (κ2) is 7.00. The van der Waals surface area contributed by atoms with E-state index >= 15 is 0 Å². The first-order chi connectivity index (χ1) is 10.4. The Kier molecular flexibility index (Phi) is 5.28. The van der Waals surface area contributed by atoms with Gasteiger partial charge in [0.1, 0.15) is 5.69 Å². The van der Waals surface area contributed by atoms with E-state index in [2.05, 4.69) is 29.6 Å². The number of hydrogen-bond donors (Lipinski definition) is 2. The average Bonchev–Trinajstić information content (AvgIpc) is 2.80. The average molecular weight is 310 g/mol. The summed E-state index contributed by atoms with van der Waals surface area (Å²) in [5, 5.41) is 9.65. The summed E-state index contributed by atoms with van der Waals surface area (Å²) in [5.41, 5.74) is 0.830. The molecule has 0 bridgehead atoms. The number of hydrogen-bond acceptors (Lipinski definition) is 4. The summed E-state index contributed by atoms with van der Waals surface area (Å²) < 4.78 is 12.5. The molecule has 0 spiro atoms. The maximum Gasteiger partial charge on any atom is 0.319 e. The number of amides is 2. The number of nitrogens with zero attached hydrogens (tertiary/aromatic N) is 2. The smallest absolute Gasteiger partial charge is 0.319 e. The number of aryl methyl sites for hydroxylation is 1. The first-order valence-corrected chi connectivity index (χ1v) is 7.64. The van der Waals surface area contributed by atoms with Gasteiger partial charge in [-0.1, -0.05) is 13.8 Å². The van der Waals surface area contributed by atoms with Gasteiger partial charge >= 0.3 is 6.03 Å². The first kappa shape index (κ1) is 16.6. The van der Waals surface area contributed by atoms with Crippen LogP contribution < -0.4 is 15.4 Å². The summed E-state index contributed by atoms with van der Waals surface area (Å²) in [6.07, 6.45) is 4.98. The van der Waals surface area contributed by atoms with Crippen molar-refractivity contribution in [1.82, 2.24) is 15.1 Å². The lowest BCUT2D eigenvalue weighted by molar-refractivity contribution is -0.0505. The fourth-order valence-electron chi connectivity index (χ4n) is 2.50. The van der Waals surface area contributed by atoms with Gasteiger partial charge in [0.2, 0.25) is 0 Å². The van der Waals surface area contributed by atoms with E-state index in [9.17, 15) is 4.79 Å². The zero-order chi connectivity index (χ0) is 16.2. The fraction of sp³-hybridized carbons (Fsp3) is 0.733. The minimum Gasteiger partial charge on any atom is -0.478 e. The number of anilines is 1. The Balaban J connectivity index is 1.70. The van der Waals surface area contributed by atoms with E-state index in [1.807, 2.05) is 0 Å². The van der Waals surface area contributed by atoms with Crippen LogP contribution in [-0.2, 0) is 11.8 Å². The molecule has 1 aliphatic heterocycles. The van der Waals surface area contributed by atoms with Gasteiger partial charge in [0, 0.05) is 13.6 Å². The molecule has 1 aromatic rings. The number of rotatable bonds is 5. The number of urea groups is 1. The van der Waals surface area contributed by atoms with Gasteiger partial charge in [0.25, 0.3) is 5.88 Å². The Morgan fingerprint density at radius 3 is 3.00 bits per heavy atom. The Bertz CT molecular complexity index is 503. The van der Waals surface area contributed by atoms with E-state index in [1.165, 1.54) is 7.11 Å². The molecule has 1 aliphatic rings. The third-order valence-corrected chi connectivity index (χ3v) is 3.84. The number of carbonyl (C=O) groups is 1. The number of carbonyl (C=O) groups excluding carboxylic acids is 1. The third-order valence-electron chi connectivity index (χ3n) is 3.84. The lowest BCUT2D eigenvalue weighted by atomic mass is 9.85. The van der Waals surface area contributed by atoms with Crippen LogP contribution in [-0.4, -0.2) is 42.2 Å². The van der Waals surface area contributed by atoms with Crippen molar-refractivity contribution >= 4 is 11.7 Å². The van der Waals surface area contributed by atoms with Crippen molar-refractivity contribution in [3.8, 4) is 5.88 Å². The van der Waals surface area contributed by atoms with Gasteiger partial charge in [-0.3, -0.25) is 4.68 Å². The minimum absolute atomic E-state index is 0.237. The van der Waals surface area contributed by atoms with E-state index in [-0.39, 0.29) is 17.6 Å². The topological polar surface area (TPSA) is 77.4 Å². The van der Waals surface area contributed by atoms with Gasteiger partial charge in [-0.05, 0) is 24.7 Å². The van der Waals surface area contributed by atoms with Crippen LogP contribution >= 0.6 is 0 Å². The minimum atomic E-state index is -0.262. The molecule has 1 atom stereocenters. The highest BCUT2D eigenvalue weighted by atomic mass is 16.5. The lowest BCUT2D eigenvalue weighted by Crippen LogP contribution is -2.35. The van der Waals surface area contributed by atoms with Crippen molar-refractivity contribution in [3.05, 3.63) is 6.20 Å². The van der Waals surface area contributed by atoms with Crippen molar-refractivity contribution < 1.29 is 14.3 Å². The number of methoxy groups -OCH3 is 1. The van der Waals surface area contributed by atoms with Gasteiger partial charge in [0.05, 0.1) is 26.0 Å². The van der Waals surface area contributed by atoms with E-state index in [0.717, 1.165) is 25.9 Å². The largest absolute Gasteiger partial charge is 0.478 e. The van der Waals surface area contributed by atoms with Gasteiger partial charge < -0.3 is 20.1 Å². The molecule has 124 valence electrons. The molecule has 0 aliphatic carbocycles. The van der Waals surface area contributed by atoms with Crippen molar-refractivity contribution in [2.24, 2.45) is 12.5 Å². The standard InChI is InChI=1S/C15H26N4O3/c1-15(2)7-5-11(22-10-15)6-8-16-14(20)17-12-9-19(3)18-13(12)21-4/h9,11H,5-8,10H2,1-4H3,(H2,16,17,20). The van der Waals surface area contributed by atoms with Crippen LogP contribution in [0.3, 0.4) is 0 Å². The second-order valence-corrected chi connectivity index (χ2v) is 6.53. The number of ether oxygens (including phenoxy) is 2. The number of aromatic nitrogens is 2. The van der Waals surface area contributed by atoms with Crippen LogP contribution in [0.2, 0.25) is 0 Å². The molecule has 7 nitrogen and oxygen atoms in total. The molecule has 2 amide bonds. The normalized spacial score (nSPS) is 20.5. The molecular weight excluding hydrogens is 284 g/mol. The summed E-state index contributed by atoms with van der Waals surface area (Å²) >= 11 is 0. The third kappa shape index (κ3) is 4.62. The molecule has 0 radical (unpaired) electrons. The van der Waals surface area contributed by atoms with Gasteiger partial charge in [-0.15, -0.1) is 5.10 Å². The van der Waals surface area contributed by atoms with E-state index in [0.29, 0.717) is 18.1 Å². The van der Waals surface area contributed by atoms with Crippen molar-refractivity contribution in [2.45, 2.75) is 39.2 Å². The lowest BCUT2D eigenvalue weighted by Gasteiger charge is -2.34. The van der Waals surface area contributed by atoms with Crippen LogP contribution in [0.25, 0.3) is 0 Å². The zero-order valence-electron chi connectivity index (χ0n) is 13.8. The maximum atomic E-state index is 11.9. The summed E-state index contributed by atoms with van der Waals surface area (Å²) in [5.74, 6) is 0.399. The van der Waals surface area contributed by atoms with E-state index < -0.39 is 0 Å². The highest BCUT2D eigenvalue weighted by Gasteiger charge is 2.27. The van der Waals surface area contributed by atoms with Crippen LogP contribution in [0.5, 0.6) is 5.88 Å². The predicted octanol–water partition coefficient (Wildman–Crippen LogP) is 2.15. The predicted molar refractivity (Wildman–Crippen MR) is 84.2 cm³/mol. The van der Waals surface area contributed by atoms with Crippen molar-refractivity contribution in [2.75, 3.05) is 25.6 Å². The van der Waals surface area contributed by atoms with Gasteiger partial charge in [0.15, 0.2) is 0 Å². The summed E-state index contributed by atoms with van der Waals surface area (Å²) in [6, 6.07) is -0.262. The molecule has 2 N–H and O–H groups in total. The molecule has 1 unspecified atom stereocenters. The second-order valence-electron chi connectivity index (χ2n) is 6.53. The molecule has 2 rings (SSSR count). The molecular formula is C15H26N4O3. The summed E-state index contributed by atoms with van der Waals surface area (Å²) in [4.78, 5) is 11.9. The van der Waals surface area contributed by atoms with Crippen molar-refractivity contribution in [1.29, 1.82) is 0 Å². The molecule has 1 fully saturated rings. The highest BCUT2D eigenvalue weighted by molar-refractivity contribution is 5.90. The first-order valence-electron chi connectivity index (χ1n) is 7.64. The van der Waals surface area contributed by atoms with Crippen molar-refractivity contribution in [3.63, 3.8) is 0 Å². The molecule has 1 aromatic heterocycles. The SMILES string of the molecule is COc1nn(C)cc1NC(=O)NCCC1CCC(C)(C)CO1. The maximum absolute atomic E-state index is 11.9. The highest BCUT2D eigenvalue weighted by Crippen LogP contribution is 2.30. The number of nitrogens with one attached hydrogen (secondary N) is 2. The molecule has 7 heteroatoms. The molecule has 22 heavy (non-hydrogen) atoms. The quantitative estimate of drug-likeness (QED) is 0.873. The van der Waals surface area contributed by atoms with Crippen LogP contribution in [0.15, 0.2) is 6.20 Å². The zero-order valence-corrected chi connectivity index (χ0v) is 13.8. The molecule has 0 aromatic carbocycles. The van der Waals surface area contributed by atoms with E-state index in [1.54, 1.807) is 17.9 Å². The summed E-state index contributed by atoms with van der Waals surface area (Å²) in [7, 11) is 3.29. The Morgan fingerprint density at radius 1 is 1.59 bits per heavy atom. The van der Waals surface area contributed by atoms with Crippen LogP contribution in [0.4, 0.5) is 10.5 Å². The Labute approximate surface area is 131 Å².